The average Bonchev–Trinajstić information content (AvgIpc) is 2.84. The van der Waals surface area contributed by atoms with E-state index in [0.29, 0.717) is 41.5 Å². The molecular formula is C17H21N3O4. The van der Waals surface area contributed by atoms with E-state index in [1.54, 1.807) is 36.9 Å². The Morgan fingerprint density at radius 3 is 2.71 bits per heavy atom. The van der Waals surface area contributed by atoms with Crippen LogP contribution in [0.3, 0.4) is 0 Å². The van der Waals surface area contributed by atoms with Crippen LogP contribution in [0.25, 0.3) is 0 Å². The highest BCUT2D eigenvalue weighted by Gasteiger charge is 2.19. The molecule has 0 saturated heterocycles. The van der Waals surface area contributed by atoms with Gasteiger partial charge in [-0.2, -0.15) is 5.10 Å². The van der Waals surface area contributed by atoms with Gasteiger partial charge in [0.05, 0.1) is 17.4 Å². The zero-order valence-corrected chi connectivity index (χ0v) is 14.0. The molecule has 24 heavy (non-hydrogen) atoms. The van der Waals surface area contributed by atoms with Crippen molar-refractivity contribution in [2.75, 3.05) is 19.8 Å². The minimum absolute atomic E-state index is 0.103. The zero-order valence-electron chi connectivity index (χ0n) is 14.0. The van der Waals surface area contributed by atoms with Crippen LogP contribution in [0.15, 0.2) is 18.2 Å². The molecular weight excluding hydrogens is 310 g/mol. The van der Waals surface area contributed by atoms with Crippen molar-refractivity contribution in [3.05, 3.63) is 40.7 Å². The minimum atomic E-state index is -0.831. The number of nitrogens with zero attached hydrogens (tertiary/aromatic N) is 2. The number of aliphatic hydroxyl groups is 1. The second-order valence-electron chi connectivity index (χ2n) is 5.80. The number of carbonyl (C=O) groups excluding carboxylic acids is 1. The highest BCUT2D eigenvalue weighted by Crippen LogP contribution is 2.32. The molecule has 7 heteroatoms. The van der Waals surface area contributed by atoms with Crippen molar-refractivity contribution in [2.45, 2.75) is 20.0 Å². The molecule has 0 aliphatic carbocycles. The summed E-state index contributed by atoms with van der Waals surface area (Å²) in [5, 5.41) is 17.3. The van der Waals surface area contributed by atoms with Crippen LogP contribution in [0, 0.1) is 13.8 Å². The Morgan fingerprint density at radius 2 is 2.04 bits per heavy atom. The van der Waals surface area contributed by atoms with E-state index >= 15 is 0 Å². The molecule has 0 radical (unpaired) electrons. The molecule has 2 N–H and O–H groups in total. The van der Waals surface area contributed by atoms with Gasteiger partial charge in [-0.3, -0.25) is 9.48 Å². The van der Waals surface area contributed by atoms with Crippen molar-refractivity contribution >= 4 is 5.91 Å². The topological polar surface area (TPSA) is 85.6 Å². The Hall–Kier alpha value is -2.54. The number of carbonyl (C=O) groups is 1. The summed E-state index contributed by atoms with van der Waals surface area (Å²) in [4.78, 5) is 12.3. The van der Waals surface area contributed by atoms with Crippen molar-refractivity contribution in [3.8, 4) is 11.5 Å². The largest absolute Gasteiger partial charge is 0.486 e. The normalized spacial score (nSPS) is 14.3. The summed E-state index contributed by atoms with van der Waals surface area (Å²) >= 11 is 0. The molecule has 0 saturated carbocycles. The molecule has 1 amide bonds. The zero-order chi connectivity index (χ0) is 17.3. The van der Waals surface area contributed by atoms with Crippen molar-refractivity contribution in [1.29, 1.82) is 0 Å². The van der Waals surface area contributed by atoms with Crippen LogP contribution < -0.4 is 14.8 Å². The van der Waals surface area contributed by atoms with Crippen LogP contribution >= 0.6 is 0 Å². The molecule has 1 aromatic carbocycles. The van der Waals surface area contributed by atoms with E-state index in [1.165, 1.54) is 0 Å². The van der Waals surface area contributed by atoms with Gasteiger partial charge in [0.2, 0.25) is 0 Å². The third-order valence-corrected chi connectivity index (χ3v) is 4.14. The Balaban J connectivity index is 1.67. The Bertz CT molecular complexity index is 769. The van der Waals surface area contributed by atoms with E-state index in [9.17, 15) is 9.90 Å². The maximum Gasteiger partial charge on any atom is 0.255 e. The second kappa shape index (κ2) is 6.52. The van der Waals surface area contributed by atoms with Crippen LogP contribution in [0.1, 0.15) is 33.4 Å². The number of aromatic nitrogens is 2. The molecule has 128 valence electrons. The fourth-order valence-electron chi connectivity index (χ4n) is 2.77. The smallest absolute Gasteiger partial charge is 0.255 e. The summed E-state index contributed by atoms with van der Waals surface area (Å²) in [6.07, 6.45) is -0.831. The molecule has 1 atom stereocenters. The molecule has 2 heterocycles. The first-order valence-corrected chi connectivity index (χ1v) is 7.83. The fourth-order valence-corrected chi connectivity index (χ4v) is 2.77. The van der Waals surface area contributed by atoms with E-state index < -0.39 is 6.10 Å². The Labute approximate surface area is 140 Å². The van der Waals surface area contributed by atoms with Crippen LogP contribution in [0.2, 0.25) is 0 Å². The maximum absolute atomic E-state index is 12.3. The van der Waals surface area contributed by atoms with E-state index in [2.05, 4.69) is 10.4 Å². The van der Waals surface area contributed by atoms with Gasteiger partial charge in [0.15, 0.2) is 11.5 Å². The van der Waals surface area contributed by atoms with E-state index in [-0.39, 0.29) is 12.5 Å². The van der Waals surface area contributed by atoms with E-state index in [4.69, 9.17) is 9.47 Å². The molecule has 1 aliphatic heterocycles. The number of hydrogen-bond acceptors (Lipinski definition) is 5. The van der Waals surface area contributed by atoms with E-state index in [1.807, 2.05) is 6.92 Å². The monoisotopic (exact) mass is 331 g/mol. The van der Waals surface area contributed by atoms with E-state index in [0.717, 1.165) is 5.69 Å². The number of aryl methyl sites for hydroxylation is 2. The van der Waals surface area contributed by atoms with Gasteiger partial charge in [0.25, 0.3) is 5.91 Å². The van der Waals surface area contributed by atoms with Crippen LogP contribution in [0.5, 0.6) is 11.5 Å². The maximum atomic E-state index is 12.3. The Morgan fingerprint density at radius 1 is 1.33 bits per heavy atom. The molecule has 2 aromatic rings. The first kappa shape index (κ1) is 16.3. The van der Waals surface area contributed by atoms with Gasteiger partial charge in [0.1, 0.15) is 13.2 Å². The summed E-state index contributed by atoms with van der Waals surface area (Å²) in [5.41, 5.74) is 2.67. The highest BCUT2D eigenvalue weighted by molar-refractivity contribution is 5.96. The molecule has 0 bridgehead atoms. The SMILES string of the molecule is Cc1nn(C)c(C)c1C(=O)NC[C@H](O)c1ccc2c(c1)OCCO2. The van der Waals surface area contributed by atoms with Gasteiger partial charge in [-0.15, -0.1) is 0 Å². The van der Waals surface area contributed by atoms with Crippen molar-refractivity contribution in [2.24, 2.45) is 7.05 Å². The quantitative estimate of drug-likeness (QED) is 0.881. The summed E-state index contributed by atoms with van der Waals surface area (Å²) in [6.45, 7) is 4.75. The van der Waals surface area contributed by atoms with Crippen LogP contribution in [-0.2, 0) is 7.05 Å². The van der Waals surface area contributed by atoms with Gasteiger partial charge in [-0.1, -0.05) is 6.07 Å². The van der Waals surface area contributed by atoms with Gasteiger partial charge < -0.3 is 19.9 Å². The molecule has 0 unspecified atom stereocenters. The molecule has 0 fully saturated rings. The second-order valence-corrected chi connectivity index (χ2v) is 5.80. The van der Waals surface area contributed by atoms with Gasteiger partial charge in [-0.05, 0) is 31.5 Å². The number of hydrogen-bond donors (Lipinski definition) is 2. The summed E-state index contributed by atoms with van der Waals surface area (Å²) < 4.78 is 12.6. The molecule has 0 spiro atoms. The standard InChI is InChI=1S/C17H21N3O4/c1-10-16(11(2)20(3)19-10)17(22)18-9-13(21)12-4-5-14-15(8-12)24-7-6-23-14/h4-5,8,13,21H,6-7,9H2,1-3H3,(H,18,22)/t13-/m0/s1. The number of fused-ring (bicyclic) bond motifs is 1. The van der Waals surface area contributed by atoms with Crippen molar-refractivity contribution < 1.29 is 19.4 Å². The number of rotatable bonds is 4. The summed E-state index contributed by atoms with van der Waals surface area (Å²) in [5.74, 6) is 1.04. The Kier molecular flexibility index (Phi) is 4.44. The highest BCUT2D eigenvalue weighted by atomic mass is 16.6. The predicted molar refractivity (Wildman–Crippen MR) is 87.4 cm³/mol. The predicted octanol–water partition coefficient (Wildman–Crippen LogP) is 1.27. The third kappa shape index (κ3) is 3.07. The molecule has 1 aliphatic rings. The fraction of sp³-hybridized carbons (Fsp3) is 0.412. The van der Waals surface area contributed by atoms with Crippen LogP contribution in [-0.4, -0.2) is 40.6 Å². The average molecular weight is 331 g/mol. The number of aliphatic hydroxyl groups excluding tert-OH is 1. The number of benzene rings is 1. The lowest BCUT2D eigenvalue weighted by Crippen LogP contribution is -2.29. The number of ether oxygens (including phenoxy) is 2. The van der Waals surface area contributed by atoms with Crippen molar-refractivity contribution in [1.82, 2.24) is 15.1 Å². The van der Waals surface area contributed by atoms with Gasteiger partial charge in [-0.25, -0.2) is 0 Å². The first-order valence-electron chi connectivity index (χ1n) is 7.83. The molecule has 7 nitrogen and oxygen atoms in total. The van der Waals surface area contributed by atoms with Crippen molar-refractivity contribution in [3.63, 3.8) is 0 Å². The van der Waals surface area contributed by atoms with Gasteiger partial charge in [0, 0.05) is 19.3 Å². The number of nitrogens with one attached hydrogen (secondary N) is 1. The third-order valence-electron chi connectivity index (χ3n) is 4.14. The van der Waals surface area contributed by atoms with Gasteiger partial charge >= 0.3 is 0 Å². The summed E-state index contributed by atoms with van der Waals surface area (Å²) in [6, 6.07) is 5.28. The lowest BCUT2D eigenvalue weighted by molar-refractivity contribution is 0.0914. The first-order chi connectivity index (χ1) is 11.5. The molecule has 1 aromatic heterocycles. The lowest BCUT2D eigenvalue weighted by Gasteiger charge is -2.20. The minimum Gasteiger partial charge on any atom is -0.486 e. The number of amides is 1. The summed E-state index contributed by atoms with van der Waals surface area (Å²) in [7, 11) is 1.79. The lowest BCUT2D eigenvalue weighted by atomic mass is 10.1. The molecule has 3 rings (SSSR count). The van der Waals surface area contributed by atoms with Crippen LogP contribution in [0.4, 0.5) is 0 Å².